The summed E-state index contributed by atoms with van der Waals surface area (Å²) in [4.78, 5) is 12.5. The lowest BCUT2D eigenvalue weighted by molar-refractivity contribution is -0.301. The van der Waals surface area contributed by atoms with Crippen LogP contribution in [0.2, 0.25) is 0 Å². The molecular weight excluding hydrogens is 704 g/mol. The molecule has 53 heavy (non-hydrogen) atoms. The van der Waals surface area contributed by atoms with Crippen molar-refractivity contribution in [3.05, 3.63) is 12.2 Å². The van der Waals surface area contributed by atoms with Crippen LogP contribution in [0.3, 0.4) is 0 Å². The number of aliphatic hydroxyl groups excluding tert-OH is 3. The standard InChI is InChI=1S/C40H76O12S/c1-3-5-7-9-10-11-12-13-14-15-16-17-18-19-20-21-22-23-24-25-26-28-30-48-32-34(50-36(42)29-27-8-6-4-2)33-49-40-38(44)39(52-53(45,46)47)37(43)35(31-41)51-40/h15-16,34-35,37-41,43-44H,3-14,17-33H2,1-2H3,(H,45,46,47)/b16-15-. The molecule has 1 aliphatic rings. The molecule has 314 valence electrons. The number of hydrogen-bond donors (Lipinski definition) is 4. The van der Waals surface area contributed by atoms with Crippen molar-refractivity contribution in [1.29, 1.82) is 0 Å². The first-order valence-corrected chi connectivity index (χ1v) is 22.3. The molecule has 0 aliphatic carbocycles. The van der Waals surface area contributed by atoms with Gasteiger partial charge in [-0.05, 0) is 38.5 Å². The van der Waals surface area contributed by atoms with Gasteiger partial charge in [0.2, 0.25) is 0 Å². The lowest BCUT2D eigenvalue weighted by Gasteiger charge is -2.41. The molecular formula is C40H76O12S. The van der Waals surface area contributed by atoms with E-state index in [1.165, 1.54) is 109 Å². The number of aliphatic hydroxyl groups is 3. The topological polar surface area (TPSA) is 178 Å². The van der Waals surface area contributed by atoms with Crippen molar-refractivity contribution in [2.45, 2.75) is 211 Å². The highest BCUT2D eigenvalue weighted by Crippen LogP contribution is 2.26. The van der Waals surface area contributed by atoms with E-state index in [2.05, 4.69) is 30.2 Å². The van der Waals surface area contributed by atoms with Crippen LogP contribution in [-0.4, -0.2) is 97.5 Å². The number of carbonyl (C=O) groups is 1. The van der Waals surface area contributed by atoms with Crippen LogP contribution in [0.25, 0.3) is 0 Å². The fourth-order valence-electron chi connectivity index (χ4n) is 6.43. The number of esters is 1. The predicted octanol–water partition coefficient (Wildman–Crippen LogP) is 7.91. The first-order valence-electron chi connectivity index (χ1n) is 20.9. The van der Waals surface area contributed by atoms with Crippen LogP contribution in [0, 0.1) is 0 Å². The van der Waals surface area contributed by atoms with Gasteiger partial charge in [0.1, 0.15) is 30.5 Å². The van der Waals surface area contributed by atoms with Gasteiger partial charge in [0.15, 0.2) is 6.29 Å². The van der Waals surface area contributed by atoms with E-state index in [1.807, 2.05) is 0 Å². The Hall–Kier alpha value is -1.16. The Bertz CT molecular complexity index is 994. The highest BCUT2D eigenvalue weighted by molar-refractivity contribution is 7.80. The molecule has 1 heterocycles. The average molecular weight is 781 g/mol. The van der Waals surface area contributed by atoms with E-state index in [4.69, 9.17) is 23.5 Å². The van der Waals surface area contributed by atoms with Crippen LogP contribution >= 0.6 is 0 Å². The molecule has 0 saturated carbocycles. The molecule has 0 radical (unpaired) electrons. The lowest BCUT2D eigenvalue weighted by Crippen LogP contribution is -2.60. The monoisotopic (exact) mass is 781 g/mol. The first kappa shape index (κ1) is 49.9. The molecule has 0 aromatic rings. The number of hydrogen-bond acceptors (Lipinski definition) is 11. The van der Waals surface area contributed by atoms with Gasteiger partial charge in [-0.25, -0.2) is 4.18 Å². The third-order valence-corrected chi connectivity index (χ3v) is 10.1. The fourth-order valence-corrected chi connectivity index (χ4v) is 6.94. The molecule has 12 nitrogen and oxygen atoms in total. The van der Waals surface area contributed by atoms with E-state index in [0.29, 0.717) is 13.0 Å². The van der Waals surface area contributed by atoms with E-state index >= 15 is 0 Å². The SMILES string of the molecule is CCCCCCCCCC/C=C\CCCCCCCCCCCCOCC(COC1OC(CO)C(O)C(OS(=O)(=O)O)C1O)OC(=O)CCCCCC. The number of unbranched alkanes of at least 4 members (excludes halogenated alkanes) is 21. The van der Waals surface area contributed by atoms with Gasteiger partial charge in [-0.3, -0.25) is 9.35 Å². The fraction of sp³-hybridized carbons (Fsp3) is 0.925. The molecule has 0 aromatic heterocycles. The normalized spacial score (nSPS) is 21.4. The van der Waals surface area contributed by atoms with Gasteiger partial charge in [0, 0.05) is 13.0 Å². The highest BCUT2D eigenvalue weighted by Gasteiger charge is 2.48. The van der Waals surface area contributed by atoms with Crippen LogP contribution in [0.4, 0.5) is 0 Å². The number of carbonyl (C=O) groups excluding carboxylic acids is 1. The second kappa shape index (κ2) is 33.0. The Morgan fingerprint density at radius 2 is 1.19 bits per heavy atom. The summed E-state index contributed by atoms with van der Waals surface area (Å²) in [6, 6.07) is 0. The summed E-state index contributed by atoms with van der Waals surface area (Å²) in [6.45, 7) is 3.85. The second-order valence-corrected chi connectivity index (χ2v) is 15.6. The highest BCUT2D eigenvalue weighted by atomic mass is 32.3. The Morgan fingerprint density at radius 1 is 0.698 bits per heavy atom. The number of ether oxygens (including phenoxy) is 4. The van der Waals surface area contributed by atoms with Crippen molar-refractivity contribution < 1.29 is 56.2 Å². The van der Waals surface area contributed by atoms with Crippen molar-refractivity contribution in [3.63, 3.8) is 0 Å². The van der Waals surface area contributed by atoms with Gasteiger partial charge >= 0.3 is 16.4 Å². The van der Waals surface area contributed by atoms with Crippen LogP contribution in [0.1, 0.15) is 174 Å². The molecule has 1 aliphatic heterocycles. The number of rotatable bonds is 36. The summed E-state index contributed by atoms with van der Waals surface area (Å²) in [5.41, 5.74) is 0. The number of allylic oxidation sites excluding steroid dienone is 2. The third kappa shape index (κ3) is 27.1. The molecule has 6 unspecified atom stereocenters. The van der Waals surface area contributed by atoms with Gasteiger partial charge in [-0.1, -0.05) is 142 Å². The van der Waals surface area contributed by atoms with Gasteiger partial charge < -0.3 is 34.3 Å². The maximum absolute atomic E-state index is 12.5. The van der Waals surface area contributed by atoms with E-state index in [0.717, 1.165) is 38.5 Å². The maximum Gasteiger partial charge on any atom is 0.397 e. The van der Waals surface area contributed by atoms with Gasteiger partial charge in [-0.2, -0.15) is 8.42 Å². The largest absolute Gasteiger partial charge is 0.457 e. The Kier molecular flexibility index (Phi) is 31.1. The smallest absolute Gasteiger partial charge is 0.397 e. The zero-order valence-corrected chi connectivity index (χ0v) is 33.9. The van der Waals surface area contributed by atoms with Crippen LogP contribution in [-0.2, 0) is 38.3 Å². The molecule has 1 fully saturated rings. The second-order valence-electron chi connectivity index (χ2n) is 14.6. The minimum atomic E-state index is -5.05. The summed E-state index contributed by atoms with van der Waals surface area (Å²) in [7, 11) is -5.05. The van der Waals surface area contributed by atoms with Crippen molar-refractivity contribution >= 4 is 16.4 Å². The summed E-state index contributed by atoms with van der Waals surface area (Å²) in [5.74, 6) is -0.416. The summed E-state index contributed by atoms with van der Waals surface area (Å²) in [5, 5.41) is 30.4. The molecule has 1 saturated heterocycles. The first-order chi connectivity index (χ1) is 25.6. The van der Waals surface area contributed by atoms with E-state index in [-0.39, 0.29) is 19.6 Å². The van der Waals surface area contributed by atoms with Crippen molar-refractivity contribution in [2.24, 2.45) is 0 Å². The van der Waals surface area contributed by atoms with Crippen molar-refractivity contribution in [1.82, 2.24) is 0 Å². The predicted molar refractivity (Wildman–Crippen MR) is 207 cm³/mol. The zero-order chi connectivity index (χ0) is 39.0. The summed E-state index contributed by atoms with van der Waals surface area (Å²) < 4.78 is 58.5. The Morgan fingerprint density at radius 3 is 1.70 bits per heavy atom. The molecule has 1 rings (SSSR count). The van der Waals surface area contributed by atoms with E-state index in [1.54, 1.807) is 0 Å². The van der Waals surface area contributed by atoms with Gasteiger partial charge in [0.05, 0.1) is 19.8 Å². The Balaban J connectivity index is 2.24. The van der Waals surface area contributed by atoms with Crippen molar-refractivity contribution in [2.75, 3.05) is 26.4 Å². The van der Waals surface area contributed by atoms with Crippen molar-refractivity contribution in [3.8, 4) is 0 Å². The van der Waals surface area contributed by atoms with Gasteiger partial charge in [-0.15, -0.1) is 0 Å². The van der Waals surface area contributed by atoms with Crippen LogP contribution < -0.4 is 0 Å². The minimum absolute atomic E-state index is 0.0373. The summed E-state index contributed by atoms with van der Waals surface area (Å²) >= 11 is 0. The van der Waals surface area contributed by atoms with Crippen LogP contribution in [0.15, 0.2) is 12.2 Å². The third-order valence-electron chi connectivity index (χ3n) is 9.64. The summed E-state index contributed by atoms with van der Waals surface area (Å²) in [6.07, 6.45) is 24.8. The molecule has 4 N–H and O–H groups in total. The molecule has 0 aromatic carbocycles. The zero-order valence-electron chi connectivity index (χ0n) is 33.1. The maximum atomic E-state index is 12.5. The lowest BCUT2D eigenvalue weighted by atomic mass is 9.99. The van der Waals surface area contributed by atoms with Gasteiger partial charge in [0.25, 0.3) is 0 Å². The quantitative estimate of drug-likeness (QED) is 0.0209. The molecule has 6 atom stereocenters. The molecule has 0 amide bonds. The Labute approximate surface area is 321 Å². The molecule has 0 bridgehead atoms. The minimum Gasteiger partial charge on any atom is -0.457 e. The van der Waals surface area contributed by atoms with E-state index < -0.39 is 59.8 Å². The molecule has 0 spiro atoms. The van der Waals surface area contributed by atoms with Crippen LogP contribution in [0.5, 0.6) is 0 Å². The molecule has 13 heteroatoms. The average Bonchev–Trinajstić information content (AvgIpc) is 3.12. The van der Waals surface area contributed by atoms with E-state index in [9.17, 15) is 28.5 Å².